The van der Waals surface area contributed by atoms with Crippen LogP contribution < -0.4 is 14.9 Å². The highest BCUT2D eigenvalue weighted by atomic mass is 32.2. The van der Waals surface area contributed by atoms with Crippen LogP contribution in [0.25, 0.3) is 0 Å². The van der Waals surface area contributed by atoms with Gasteiger partial charge >= 0.3 is 0 Å². The fourth-order valence-electron chi connectivity index (χ4n) is 4.98. The number of rotatable bonds is 10. The molecule has 1 aliphatic carbocycles. The Morgan fingerprint density at radius 1 is 1.13 bits per heavy atom. The molecule has 1 aromatic rings. The molecule has 0 spiro atoms. The molecule has 1 saturated carbocycles. The molecule has 1 aromatic carbocycles. The van der Waals surface area contributed by atoms with E-state index < -0.39 is 10.9 Å². The lowest BCUT2D eigenvalue weighted by Crippen LogP contribution is -2.46. The highest BCUT2D eigenvalue weighted by molar-refractivity contribution is 7.70. The summed E-state index contributed by atoms with van der Waals surface area (Å²) in [7, 11) is -2.53. The van der Waals surface area contributed by atoms with Gasteiger partial charge in [0.05, 0.1) is 0 Å². The molecule has 1 saturated heterocycles. The summed E-state index contributed by atoms with van der Waals surface area (Å²) < 4.78 is 25.3. The minimum absolute atomic E-state index is 0.0558. The first-order valence-corrected chi connectivity index (χ1v) is 12.9. The van der Waals surface area contributed by atoms with Gasteiger partial charge in [0, 0.05) is 50.5 Å². The van der Waals surface area contributed by atoms with Crippen LogP contribution >= 0.6 is 0 Å². The third-order valence-electron chi connectivity index (χ3n) is 6.56. The van der Waals surface area contributed by atoms with Crippen LogP contribution in [0.4, 0.5) is 11.4 Å². The number of carbonyl (C=O) groups excluding carboxylic acids is 1. The van der Waals surface area contributed by atoms with Crippen molar-refractivity contribution in [1.82, 2.24) is 9.62 Å². The summed E-state index contributed by atoms with van der Waals surface area (Å²) >= 11 is 0. The largest absolute Gasteiger partial charge is 0.369 e. The van der Waals surface area contributed by atoms with Crippen LogP contribution in [0.5, 0.6) is 0 Å². The minimum atomic E-state index is -2.53. The predicted molar refractivity (Wildman–Crippen MR) is 127 cm³/mol. The zero-order valence-corrected chi connectivity index (χ0v) is 19.6. The van der Waals surface area contributed by atoms with Crippen molar-refractivity contribution < 1.29 is 13.2 Å². The average Bonchev–Trinajstić information content (AvgIpc) is 2.74. The van der Waals surface area contributed by atoms with Gasteiger partial charge in [-0.25, -0.2) is 13.1 Å². The van der Waals surface area contributed by atoms with Crippen molar-refractivity contribution in [3.05, 3.63) is 24.3 Å². The molecule has 2 aliphatic rings. The number of benzene rings is 1. The molecule has 0 radical (unpaired) electrons. The molecular weight excluding hydrogens is 412 g/mol. The number of piperazine rings is 1. The molecule has 1 amide bonds. The third kappa shape index (κ3) is 8.43. The summed E-state index contributed by atoms with van der Waals surface area (Å²) in [5.74, 6) is 0.623. The Morgan fingerprint density at radius 3 is 2.55 bits per heavy atom. The van der Waals surface area contributed by atoms with Gasteiger partial charge in [-0.1, -0.05) is 38.2 Å². The van der Waals surface area contributed by atoms with E-state index in [-0.39, 0.29) is 11.9 Å². The zero-order chi connectivity index (χ0) is 22.1. The topological polar surface area (TPSA) is 81.8 Å². The van der Waals surface area contributed by atoms with E-state index in [2.05, 4.69) is 25.9 Å². The second kappa shape index (κ2) is 12.4. The molecule has 0 bridgehead atoms. The van der Waals surface area contributed by atoms with E-state index in [1.807, 2.05) is 18.2 Å². The first kappa shape index (κ1) is 24.0. The maximum Gasteiger partial charge on any atom is 0.221 e. The summed E-state index contributed by atoms with van der Waals surface area (Å²) in [5, 5.41) is 2.85. The smallest absolute Gasteiger partial charge is 0.221 e. The van der Waals surface area contributed by atoms with Gasteiger partial charge in [0.25, 0.3) is 0 Å². The molecule has 2 fully saturated rings. The van der Waals surface area contributed by atoms with Gasteiger partial charge in [-0.3, -0.25) is 9.69 Å². The highest BCUT2D eigenvalue weighted by Gasteiger charge is 2.21. The van der Waals surface area contributed by atoms with E-state index in [0.29, 0.717) is 5.92 Å². The number of thiol groups is 1. The molecule has 1 heterocycles. The first-order valence-electron chi connectivity index (χ1n) is 11.7. The van der Waals surface area contributed by atoms with Crippen LogP contribution in [0.15, 0.2) is 24.3 Å². The molecular formula is C23H38N4O3S. The normalized spacial score (nSPS) is 19.5. The summed E-state index contributed by atoms with van der Waals surface area (Å²) in [4.78, 5) is 16.1. The number of amides is 1. The van der Waals surface area contributed by atoms with Gasteiger partial charge < -0.3 is 10.2 Å². The highest BCUT2D eigenvalue weighted by Crippen LogP contribution is 2.28. The van der Waals surface area contributed by atoms with Crippen molar-refractivity contribution in [2.75, 3.05) is 42.9 Å². The Bertz CT molecular complexity index is 764. The average molecular weight is 451 g/mol. The van der Waals surface area contributed by atoms with Crippen molar-refractivity contribution in [2.45, 2.75) is 64.3 Å². The second-order valence-corrected chi connectivity index (χ2v) is 9.80. The van der Waals surface area contributed by atoms with Gasteiger partial charge in [0.15, 0.2) is 0 Å². The third-order valence-corrected chi connectivity index (χ3v) is 7.14. The molecule has 174 valence electrons. The Kier molecular flexibility index (Phi) is 9.61. The molecule has 1 unspecified atom stereocenters. The van der Waals surface area contributed by atoms with E-state index in [1.165, 1.54) is 39.0 Å². The lowest BCUT2D eigenvalue weighted by atomic mass is 9.84. The van der Waals surface area contributed by atoms with Crippen LogP contribution in [0.2, 0.25) is 0 Å². The van der Waals surface area contributed by atoms with E-state index in [9.17, 15) is 13.2 Å². The fraction of sp³-hybridized carbons (Fsp3) is 0.696. The molecule has 1 aliphatic heterocycles. The quantitative estimate of drug-likeness (QED) is 0.478. The Hall–Kier alpha value is -1.64. The lowest BCUT2D eigenvalue weighted by molar-refractivity contribution is -0.114. The molecule has 8 heteroatoms. The van der Waals surface area contributed by atoms with Gasteiger partial charge in [0.1, 0.15) is 0 Å². The van der Waals surface area contributed by atoms with E-state index in [4.69, 9.17) is 0 Å². The lowest BCUT2D eigenvalue weighted by Gasteiger charge is -2.36. The van der Waals surface area contributed by atoms with Crippen LogP contribution in [0.3, 0.4) is 0 Å². The standard InChI is InChI=1S/C23H38N4O3S/c1-19(28)24-21-9-5-11-23(18-21)27-15-13-26(14-16-27)12-6-10-22(25-31(29)30)17-20-7-3-2-4-8-20/h5,9,11,18,20,22,31H,2-4,6-8,10,12-17H2,1H3,(H,24,28)(H,25,29,30). The zero-order valence-electron chi connectivity index (χ0n) is 18.7. The number of hydrogen-bond donors (Lipinski definition) is 3. The van der Waals surface area contributed by atoms with Crippen molar-refractivity contribution in [2.24, 2.45) is 5.92 Å². The van der Waals surface area contributed by atoms with Gasteiger partial charge in [-0.2, -0.15) is 0 Å². The molecule has 7 nitrogen and oxygen atoms in total. The Balaban J connectivity index is 1.41. The van der Waals surface area contributed by atoms with Crippen LogP contribution in [-0.4, -0.2) is 58.0 Å². The van der Waals surface area contributed by atoms with Crippen LogP contribution in [0.1, 0.15) is 58.3 Å². The predicted octanol–water partition coefficient (Wildman–Crippen LogP) is 3.00. The van der Waals surface area contributed by atoms with Crippen molar-refractivity contribution in [1.29, 1.82) is 0 Å². The van der Waals surface area contributed by atoms with Gasteiger partial charge in [0.2, 0.25) is 16.8 Å². The van der Waals surface area contributed by atoms with E-state index >= 15 is 0 Å². The van der Waals surface area contributed by atoms with Crippen molar-refractivity contribution in [3.8, 4) is 0 Å². The number of nitrogens with zero attached hydrogens (tertiary/aromatic N) is 2. The Morgan fingerprint density at radius 2 is 1.87 bits per heavy atom. The number of hydrogen-bond acceptors (Lipinski definition) is 5. The minimum Gasteiger partial charge on any atom is -0.369 e. The fourth-order valence-corrected chi connectivity index (χ4v) is 5.52. The second-order valence-electron chi connectivity index (χ2n) is 9.03. The molecule has 3 rings (SSSR count). The summed E-state index contributed by atoms with van der Waals surface area (Å²) in [6.07, 6.45) is 9.33. The summed E-state index contributed by atoms with van der Waals surface area (Å²) in [6.45, 7) is 6.45. The van der Waals surface area contributed by atoms with E-state index in [0.717, 1.165) is 63.4 Å². The number of carbonyl (C=O) groups is 1. The van der Waals surface area contributed by atoms with Gasteiger partial charge in [-0.05, 0) is 49.9 Å². The molecule has 2 N–H and O–H groups in total. The maximum atomic E-state index is 11.3. The first-order chi connectivity index (χ1) is 15.0. The Labute approximate surface area is 188 Å². The summed E-state index contributed by atoms with van der Waals surface area (Å²) in [5.41, 5.74) is 1.97. The number of nitrogens with one attached hydrogen (secondary N) is 2. The van der Waals surface area contributed by atoms with Crippen LogP contribution in [0, 0.1) is 5.92 Å². The molecule has 31 heavy (non-hydrogen) atoms. The van der Waals surface area contributed by atoms with Gasteiger partial charge in [-0.15, -0.1) is 0 Å². The van der Waals surface area contributed by atoms with Crippen LogP contribution in [-0.2, 0) is 15.7 Å². The monoisotopic (exact) mass is 450 g/mol. The SMILES string of the molecule is CC(=O)Nc1cccc(N2CCN(CCCC(CC3CCCCC3)N[SH](=O)=O)CC2)c1. The van der Waals surface area contributed by atoms with E-state index in [1.54, 1.807) is 0 Å². The van der Waals surface area contributed by atoms with Crippen molar-refractivity contribution in [3.63, 3.8) is 0 Å². The van der Waals surface area contributed by atoms with Crippen molar-refractivity contribution >= 4 is 28.2 Å². The summed E-state index contributed by atoms with van der Waals surface area (Å²) in [6, 6.07) is 8.10. The molecule has 0 aromatic heterocycles. The maximum absolute atomic E-state index is 11.3. The number of anilines is 2. The molecule has 1 atom stereocenters.